The van der Waals surface area contributed by atoms with Crippen molar-refractivity contribution >= 4 is 32.7 Å². The summed E-state index contributed by atoms with van der Waals surface area (Å²) in [4.78, 5) is 38.1. The molecule has 8 N–H and O–H groups in total. The van der Waals surface area contributed by atoms with E-state index < -0.39 is 9.05 Å². The molecule has 0 aliphatic rings. The zero-order chi connectivity index (χ0) is 10.8. The second-order valence-corrected chi connectivity index (χ2v) is 2.91. The van der Waals surface area contributed by atoms with Gasteiger partial charge in [-0.05, 0) is 19.1 Å². The first-order valence-corrected chi connectivity index (χ1v) is 4.69. The molecule has 0 atom stereocenters. The predicted molar refractivity (Wildman–Crippen MR) is 47.3 cm³/mol. The molecule has 0 unspecified atom stereocenters. The highest BCUT2D eigenvalue weighted by atomic mass is 32.1. The minimum Gasteiger partial charge on any atom is -0.377 e. The van der Waals surface area contributed by atoms with Crippen LogP contribution in [0.2, 0.25) is 0 Å². The van der Waals surface area contributed by atoms with Gasteiger partial charge < -0.3 is 35.4 Å². The Morgan fingerprint density at radius 3 is 1.33 bits per heavy atom. The zero-order valence-corrected chi connectivity index (χ0v) is 8.15. The molecule has 0 amide bonds. The van der Waals surface area contributed by atoms with E-state index in [1.54, 1.807) is 0 Å². The molecular weight excluding hydrogens is 204 g/mol. The van der Waals surface area contributed by atoms with E-state index in [9.17, 15) is 0 Å². The summed E-state index contributed by atoms with van der Waals surface area (Å²) in [6, 6.07) is 0. The lowest BCUT2D eigenvalue weighted by Crippen LogP contribution is -2.33. The van der Waals surface area contributed by atoms with E-state index in [0.717, 1.165) is 6.29 Å². The Balaban J connectivity index is -0.000000105. The Labute approximate surface area is 75.7 Å². The van der Waals surface area contributed by atoms with Gasteiger partial charge in [0.25, 0.3) is 0 Å². The second-order valence-electron chi connectivity index (χ2n) is 1.24. The maximum absolute atomic E-state index is 8.81. The topological polar surface area (TPSA) is 150 Å². The van der Waals surface area contributed by atoms with E-state index in [0.29, 0.717) is 0 Å². The zero-order valence-electron chi connectivity index (χ0n) is 6.34. The van der Waals surface area contributed by atoms with Crippen molar-refractivity contribution in [1.82, 2.24) is 0 Å². The van der Waals surface area contributed by atoms with Gasteiger partial charge in [0.15, 0.2) is 5.11 Å². The van der Waals surface area contributed by atoms with Crippen molar-refractivity contribution in [3.63, 3.8) is 0 Å². The molecule has 0 saturated heterocycles. The first-order valence-electron chi connectivity index (χ1n) is 2.49. The first kappa shape index (κ1) is 17.5. The van der Waals surface area contributed by atoms with Crippen LogP contribution in [0.15, 0.2) is 0 Å². The Morgan fingerprint density at radius 1 is 1.33 bits per heavy atom. The maximum atomic E-state index is 8.81. The van der Waals surface area contributed by atoms with E-state index in [-0.39, 0.29) is 5.11 Å². The molecule has 0 aromatic heterocycles. The Morgan fingerprint density at radius 2 is 1.33 bits per heavy atom. The molecule has 0 radical (unpaired) electrons. The van der Waals surface area contributed by atoms with Gasteiger partial charge in [-0.2, -0.15) is 0 Å². The van der Waals surface area contributed by atoms with E-state index in [2.05, 4.69) is 23.7 Å². The number of carbonyl (C=O) groups is 1. The van der Waals surface area contributed by atoms with E-state index in [4.69, 9.17) is 24.0 Å². The van der Waals surface area contributed by atoms with Crippen molar-refractivity contribution in [3.8, 4) is 0 Å². The minimum absolute atomic E-state index is 0.000000000000000222. The van der Waals surface area contributed by atoms with Gasteiger partial charge in [-0.25, -0.2) is 0 Å². The summed E-state index contributed by atoms with van der Waals surface area (Å²) >= 11 is 4.09. The molecule has 0 saturated carbocycles. The molecule has 0 aromatic rings. The lowest BCUT2D eigenvalue weighted by molar-refractivity contribution is -0.106. The third-order valence-corrected chi connectivity index (χ3v) is 0. The smallest absolute Gasteiger partial charge is 0.377 e. The van der Waals surface area contributed by atoms with Crippen LogP contribution in [-0.4, -0.2) is 39.6 Å². The molecule has 0 fully saturated rings. The fourth-order valence-electron chi connectivity index (χ4n) is 0. The first-order chi connectivity index (χ1) is 5.15. The van der Waals surface area contributed by atoms with Gasteiger partial charge in [-0.3, -0.25) is 0 Å². The van der Waals surface area contributed by atoms with E-state index >= 15 is 0 Å². The number of aldehydes is 1. The molecule has 0 spiro atoms. The molecule has 0 bridgehead atoms. The van der Waals surface area contributed by atoms with Crippen LogP contribution in [0.1, 0.15) is 6.92 Å². The molecule has 7 nitrogen and oxygen atoms in total. The van der Waals surface area contributed by atoms with E-state index in [1.807, 2.05) is 0 Å². The van der Waals surface area contributed by atoms with Crippen LogP contribution in [0.25, 0.3) is 0 Å². The summed E-state index contributed by atoms with van der Waals surface area (Å²) in [6.45, 7) is 1.44. The fraction of sp³-hybridized carbons (Fsp3) is 0.333. The highest BCUT2D eigenvalue weighted by Crippen LogP contribution is 1.67. The molecule has 0 aromatic carbocycles. The number of nitrogens with two attached hydrogens (primary N) is 2. The van der Waals surface area contributed by atoms with Crippen LogP contribution >= 0.6 is 12.2 Å². The summed E-state index contributed by atoms with van der Waals surface area (Å²) in [5.74, 6) is 0. The SMILES string of the molecule is CC=O.NC(N)=S.O[Si](O)(O)O. The highest BCUT2D eigenvalue weighted by Gasteiger charge is 2.22. The Hall–Kier alpha value is -0.583. The van der Waals surface area contributed by atoms with Crippen LogP contribution in [-0.2, 0) is 4.79 Å². The van der Waals surface area contributed by atoms with Crippen LogP contribution in [0, 0.1) is 0 Å². The largest absolute Gasteiger partial charge is 0.668 e. The minimum atomic E-state index is -4.61. The Kier molecular flexibility index (Phi) is 15.2. The number of hydrogen-bond acceptors (Lipinski definition) is 6. The summed E-state index contributed by atoms with van der Waals surface area (Å²) in [5, 5.41) is 0.000000000000000222. The maximum Gasteiger partial charge on any atom is 0.668 e. The van der Waals surface area contributed by atoms with Crippen LogP contribution in [0.5, 0.6) is 0 Å². The molecule has 9 heteroatoms. The molecular formula is C3H12N2O5SSi. The van der Waals surface area contributed by atoms with Gasteiger partial charge in [0, 0.05) is 0 Å². The highest BCUT2D eigenvalue weighted by molar-refractivity contribution is 7.80. The lowest BCUT2D eigenvalue weighted by atomic mass is 11.0. The molecule has 0 aliphatic carbocycles. The van der Waals surface area contributed by atoms with Gasteiger partial charge in [0.2, 0.25) is 0 Å². The van der Waals surface area contributed by atoms with Crippen LogP contribution in [0.3, 0.4) is 0 Å². The average molecular weight is 216 g/mol. The lowest BCUT2D eigenvalue weighted by Gasteiger charge is -1.91. The van der Waals surface area contributed by atoms with Gasteiger partial charge in [0.05, 0.1) is 0 Å². The van der Waals surface area contributed by atoms with Crippen molar-refractivity contribution in [1.29, 1.82) is 0 Å². The molecule has 0 aliphatic heterocycles. The number of hydrogen-bond donors (Lipinski definition) is 6. The number of thiocarbonyl (C=S) groups is 1. The van der Waals surface area contributed by atoms with Gasteiger partial charge in [-0.15, -0.1) is 0 Å². The quantitative estimate of drug-likeness (QED) is 0.141. The van der Waals surface area contributed by atoms with Crippen molar-refractivity contribution in [2.45, 2.75) is 6.92 Å². The van der Waals surface area contributed by atoms with Crippen molar-refractivity contribution in [3.05, 3.63) is 0 Å². The van der Waals surface area contributed by atoms with Crippen molar-refractivity contribution in [2.24, 2.45) is 11.5 Å². The third-order valence-electron chi connectivity index (χ3n) is 0. The summed E-state index contributed by atoms with van der Waals surface area (Å²) in [6.07, 6.45) is 0.750. The standard InChI is InChI=1S/C2H4O.CH4N2S.H4O4Si/c1-2-3;2-1(3)4;1-5(2,3)4/h2H,1H3;(H4,2,3,4);1-4H. The van der Waals surface area contributed by atoms with Gasteiger partial charge in [-0.1, -0.05) is 0 Å². The van der Waals surface area contributed by atoms with Crippen LogP contribution < -0.4 is 11.5 Å². The molecule has 0 heterocycles. The fourth-order valence-corrected chi connectivity index (χ4v) is 0. The van der Waals surface area contributed by atoms with Crippen LogP contribution in [0.4, 0.5) is 0 Å². The summed E-state index contributed by atoms with van der Waals surface area (Å²) in [5.41, 5.74) is 9.24. The van der Waals surface area contributed by atoms with Gasteiger partial charge >= 0.3 is 9.05 Å². The monoisotopic (exact) mass is 216 g/mol. The normalized spacial score (nSPS) is 8.08. The predicted octanol–water partition coefficient (Wildman–Crippen LogP) is -3.21. The molecule has 74 valence electrons. The number of carbonyl (C=O) groups excluding carboxylic acids is 1. The van der Waals surface area contributed by atoms with Gasteiger partial charge in [0.1, 0.15) is 6.29 Å². The summed E-state index contributed by atoms with van der Waals surface area (Å²) in [7, 11) is -4.61. The molecule has 0 rings (SSSR count). The Bertz CT molecular complexity index is 116. The van der Waals surface area contributed by atoms with Crippen molar-refractivity contribution in [2.75, 3.05) is 0 Å². The summed E-state index contributed by atoms with van der Waals surface area (Å²) < 4.78 is 0. The molecule has 12 heavy (non-hydrogen) atoms. The van der Waals surface area contributed by atoms with Crippen molar-refractivity contribution < 1.29 is 24.0 Å². The average Bonchev–Trinajstić information content (AvgIpc) is 1.56. The number of rotatable bonds is 0. The van der Waals surface area contributed by atoms with E-state index in [1.165, 1.54) is 6.92 Å². The third kappa shape index (κ3) is 1960. The second kappa shape index (κ2) is 10.4.